The molecule has 2 N–H and O–H groups in total. The van der Waals surface area contributed by atoms with Crippen LogP contribution in [0.2, 0.25) is 0 Å². The first-order valence-corrected chi connectivity index (χ1v) is 9.02. The van der Waals surface area contributed by atoms with Crippen molar-refractivity contribution in [2.24, 2.45) is 0 Å². The van der Waals surface area contributed by atoms with E-state index in [1.807, 2.05) is 0 Å². The highest BCUT2D eigenvalue weighted by atomic mass is 31.2. The number of hydrogen-bond donors (Lipinski definition) is 2. The molecule has 9 heteroatoms. The molecule has 0 spiro atoms. The van der Waals surface area contributed by atoms with Crippen molar-refractivity contribution in [3.05, 3.63) is 48.0 Å². The van der Waals surface area contributed by atoms with Crippen molar-refractivity contribution in [3.63, 3.8) is 0 Å². The summed E-state index contributed by atoms with van der Waals surface area (Å²) in [5.74, 6) is -1.09. The summed E-state index contributed by atoms with van der Waals surface area (Å²) in [5.41, 5.74) is 0.230. The predicted octanol–water partition coefficient (Wildman–Crippen LogP) is 2.37. The molecule has 140 valence electrons. The Bertz CT molecular complexity index is 821. The third-order valence-corrected chi connectivity index (χ3v) is 5.02. The second kappa shape index (κ2) is 8.23. The fourth-order valence-corrected chi connectivity index (χ4v) is 3.71. The van der Waals surface area contributed by atoms with Crippen molar-refractivity contribution in [2.45, 2.75) is 6.10 Å². The van der Waals surface area contributed by atoms with Crippen LogP contribution in [-0.4, -0.2) is 37.3 Å². The Balaban J connectivity index is 2.49. The Labute approximate surface area is 150 Å². The van der Waals surface area contributed by atoms with E-state index in [1.165, 1.54) is 45.6 Å². The zero-order chi connectivity index (χ0) is 19.3. The number of carbonyl (C=O) groups is 1. The Kier molecular flexibility index (Phi) is 6.26. The van der Waals surface area contributed by atoms with Gasteiger partial charge in [-0.3, -0.25) is 9.09 Å². The van der Waals surface area contributed by atoms with Crippen molar-refractivity contribution in [3.8, 4) is 17.2 Å². The molecular weight excluding hydrogens is 363 g/mol. The van der Waals surface area contributed by atoms with Crippen LogP contribution in [0.25, 0.3) is 0 Å². The van der Waals surface area contributed by atoms with Crippen molar-refractivity contribution in [2.75, 3.05) is 21.3 Å². The molecule has 2 unspecified atom stereocenters. The molecule has 2 rings (SSSR count). The number of aliphatic carboxylic acids is 1. The van der Waals surface area contributed by atoms with Gasteiger partial charge in [0.25, 0.3) is 0 Å². The third kappa shape index (κ3) is 3.99. The van der Waals surface area contributed by atoms with Crippen LogP contribution in [0.1, 0.15) is 11.7 Å². The van der Waals surface area contributed by atoms with Crippen LogP contribution in [0.5, 0.6) is 17.2 Å². The number of hydrogen-bond acceptors (Lipinski definition) is 6. The molecule has 2 atom stereocenters. The lowest BCUT2D eigenvalue weighted by Gasteiger charge is -2.21. The average molecular weight is 382 g/mol. The SMILES string of the molecule is COc1ccc(P(=O)(O)OC(C(=O)O)c2ccccc2)c(OC)c1OC. The molecular formula is C17H19O8P. The van der Waals surface area contributed by atoms with Gasteiger partial charge in [-0.15, -0.1) is 0 Å². The van der Waals surface area contributed by atoms with Gasteiger partial charge in [0, 0.05) is 0 Å². The van der Waals surface area contributed by atoms with E-state index >= 15 is 0 Å². The molecule has 0 radical (unpaired) electrons. The van der Waals surface area contributed by atoms with Gasteiger partial charge in [-0.25, -0.2) is 4.79 Å². The summed E-state index contributed by atoms with van der Waals surface area (Å²) in [6.07, 6.45) is -1.63. The minimum absolute atomic E-state index is 0.0742. The van der Waals surface area contributed by atoms with Crippen LogP contribution >= 0.6 is 7.60 Å². The van der Waals surface area contributed by atoms with E-state index < -0.39 is 19.7 Å². The van der Waals surface area contributed by atoms with Crippen LogP contribution in [0.15, 0.2) is 42.5 Å². The zero-order valence-electron chi connectivity index (χ0n) is 14.4. The molecule has 0 aliphatic heterocycles. The molecule has 2 aromatic rings. The van der Waals surface area contributed by atoms with E-state index in [-0.39, 0.29) is 28.1 Å². The monoisotopic (exact) mass is 382 g/mol. The van der Waals surface area contributed by atoms with Crippen LogP contribution in [-0.2, 0) is 13.9 Å². The second-order valence-corrected chi connectivity index (χ2v) is 6.84. The van der Waals surface area contributed by atoms with Gasteiger partial charge in [-0.2, -0.15) is 0 Å². The summed E-state index contributed by atoms with van der Waals surface area (Å²) >= 11 is 0. The van der Waals surface area contributed by atoms with Gasteiger partial charge in [0.2, 0.25) is 5.75 Å². The Morgan fingerprint density at radius 3 is 2.08 bits per heavy atom. The summed E-state index contributed by atoms with van der Waals surface area (Å²) in [6.45, 7) is 0. The molecule has 0 saturated carbocycles. The van der Waals surface area contributed by atoms with E-state index in [9.17, 15) is 19.4 Å². The van der Waals surface area contributed by atoms with Crippen LogP contribution < -0.4 is 19.5 Å². The van der Waals surface area contributed by atoms with Gasteiger partial charge >= 0.3 is 13.6 Å². The molecule has 0 saturated heterocycles. The van der Waals surface area contributed by atoms with Crippen LogP contribution in [0, 0.1) is 0 Å². The molecule has 2 aromatic carbocycles. The minimum atomic E-state index is -4.59. The summed E-state index contributed by atoms with van der Waals surface area (Å²) in [5, 5.41) is 9.18. The Morgan fingerprint density at radius 1 is 0.962 bits per heavy atom. The maximum Gasteiger partial charge on any atom is 0.363 e. The molecule has 0 aromatic heterocycles. The van der Waals surface area contributed by atoms with Gasteiger partial charge in [-0.1, -0.05) is 30.3 Å². The molecule has 0 bridgehead atoms. The lowest BCUT2D eigenvalue weighted by atomic mass is 10.1. The number of benzene rings is 2. The smallest absolute Gasteiger partial charge is 0.363 e. The van der Waals surface area contributed by atoms with Gasteiger partial charge in [-0.05, 0) is 17.7 Å². The molecule has 26 heavy (non-hydrogen) atoms. The molecule has 0 amide bonds. The topological polar surface area (TPSA) is 112 Å². The molecule has 0 aliphatic carbocycles. The minimum Gasteiger partial charge on any atom is -0.493 e. The van der Waals surface area contributed by atoms with Gasteiger partial charge < -0.3 is 24.2 Å². The highest BCUT2D eigenvalue weighted by Crippen LogP contribution is 2.51. The third-order valence-electron chi connectivity index (χ3n) is 3.56. The van der Waals surface area contributed by atoms with E-state index in [1.54, 1.807) is 18.2 Å². The standard InChI is InChI=1S/C17H19O8P/c1-22-12-9-10-13(16(24-3)15(12)23-2)26(20,21)25-14(17(18)19)11-7-5-4-6-8-11/h4-10,14H,1-3H3,(H,18,19)(H,20,21). The lowest BCUT2D eigenvalue weighted by Crippen LogP contribution is -2.19. The maximum absolute atomic E-state index is 12.8. The van der Waals surface area contributed by atoms with Gasteiger partial charge in [0.15, 0.2) is 17.6 Å². The molecule has 8 nitrogen and oxygen atoms in total. The van der Waals surface area contributed by atoms with Crippen molar-refractivity contribution >= 4 is 18.9 Å². The van der Waals surface area contributed by atoms with E-state index in [4.69, 9.17) is 18.7 Å². The van der Waals surface area contributed by atoms with E-state index in [0.29, 0.717) is 0 Å². The molecule has 0 heterocycles. The quantitative estimate of drug-likeness (QED) is 0.670. The van der Waals surface area contributed by atoms with Gasteiger partial charge in [0.1, 0.15) is 5.30 Å². The number of methoxy groups -OCH3 is 3. The molecule has 0 fully saturated rings. The van der Waals surface area contributed by atoms with E-state index in [2.05, 4.69) is 0 Å². The lowest BCUT2D eigenvalue weighted by molar-refractivity contribution is -0.145. The number of rotatable bonds is 8. The van der Waals surface area contributed by atoms with E-state index in [0.717, 1.165) is 0 Å². The highest BCUT2D eigenvalue weighted by molar-refractivity contribution is 7.61. The average Bonchev–Trinajstić information content (AvgIpc) is 2.65. The van der Waals surface area contributed by atoms with Gasteiger partial charge in [0.05, 0.1) is 21.3 Å². The van der Waals surface area contributed by atoms with Crippen LogP contribution in [0.4, 0.5) is 0 Å². The highest BCUT2D eigenvalue weighted by Gasteiger charge is 2.36. The number of ether oxygens (including phenoxy) is 3. The first-order valence-electron chi connectivity index (χ1n) is 7.44. The van der Waals surface area contributed by atoms with Crippen LogP contribution in [0.3, 0.4) is 0 Å². The fraction of sp³-hybridized carbons (Fsp3) is 0.235. The Hall–Kier alpha value is -2.54. The molecule has 0 aliphatic rings. The van der Waals surface area contributed by atoms with Crippen molar-refractivity contribution in [1.82, 2.24) is 0 Å². The fourth-order valence-electron chi connectivity index (χ4n) is 2.38. The second-order valence-electron chi connectivity index (χ2n) is 5.11. The first kappa shape index (κ1) is 19.8. The van der Waals surface area contributed by atoms with Crippen molar-refractivity contribution < 1.29 is 38.1 Å². The normalized spacial score (nSPS) is 14.2. The summed E-state index contributed by atoms with van der Waals surface area (Å²) in [7, 11) is -0.553. The summed E-state index contributed by atoms with van der Waals surface area (Å²) < 4.78 is 33.4. The Morgan fingerprint density at radius 2 is 1.58 bits per heavy atom. The van der Waals surface area contributed by atoms with Crippen molar-refractivity contribution in [1.29, 1.82) is 0 Å². The summed E-state index contributed by atoms with van der Waals surface area (Å²) in [4.78, 5) is 22.0. The number of carboxylic acid groups (broad SMARTS) is 1. The predicted molar refractivity (Wildman–Crippen MR) is 93.5 cm³/mol. The largest absolute Gasteiger partial charge is 0.493 e. The zero-order valence-corrected chi connectivity index (χ0v) is 15.3. The number of carboxylic acids is 1. The summed E-state index contributed by atoms with van der Waals surface area (Å²) in [6, 6.07) is 10.6. The first-order chi connectivity index (χ1) is 12.4. The maximum atomic E-state index is 12.8.